The summed E-state index contributed by atoms with van der Waals surface area (Å²) in [5, 5.41) is 0. The summed E-state index contributed by atoms with van der Waals surface area (Å²) in [7, 11) is 1.66. The highest BCUT2D eigenvalue weighted by molar-refractivity contribution is 5.54. The van der Waals surface area contributed by atoms with Crippen LogP contribution in [0, 0.1) is 0 Å². The predicted octanol–water partition coefficient (Wildman–Crippen LogP) is 4.02. The highest BCUT2D eigenvalue weighted by Crippen LogP contribution is 2.32. The zero-order valence-electron chi connectivity index (χ0n) is 13.7. The van der Waals surface area contributed by atoms with Crippen molar-refractivity contribution in [3.05, 3.63) is 60.2 Å². The number of nitrogens with one attached hydrogen (secondary N) is 1. The largest absolute Gasteiger partial charge is 0.497 e. The molecule has 24 heavy (non-hydrogen) atoms. The zero-order chi connectivity index (χ0) is 16.4. The molecule has 0 bridgehead atoms. The first kappa shape index (κ1) is 15.0. The van der Waals surface area contributed by atoms with Gasteiger partial charge in [0, 0.05) is 24.0 Å². The van der Waals surface area contributed by atoms with Gasteiger partial charge in [-0.3, -0.25) is 4.90 Å². The lowest BCUT2D eigenvalue weighted by Crippen LogP contribution is -2.23. The number of H-pyrrole nitrogens is 1. The van der Waals surface area contributed by atoms with Gasteiger partial charge in [-0.15, -0.1) is 0 Å². The van der Waals surface area contributed by atoms with Crippen LogP contribution in [0.4, 0.5) is 0 Å². The van der Waals surface area contributed by atoms with Crippen LogP contribution in [0.1, 0.15) is 30.3 Å². The Labute approximate surface area is 141 Å². The van der Waals surface area contributed by atoms with Crippen molar-refractivity contribution in [1.82, 2.24) is 14.9 Å². The summed E-state index contributed by atoms with van der Waals surface area (Å²) in [6.07, 6.45) is 6.16. The monoisotopic (exact) mass is 323 g/mol. The molecular formula is C19H21N3O2. The van der Waals surface area contributed by atoms with Gasteiger partial charge in [0.15, 0.2) is 0 Å². The minimum Gasteiger partial charge on any atom is -0.497 e. The third kappa shape index (κ3) is 2.95. The topological polar surface area (TPSA) is 54.3 Å². The Bertz CT molecular complexity index is 777. The third-order valence-electron chi connectivity index (χ3n) is 4.60. The summed E-state index contributed by atoms with van der Waals surface area (Å²) in [5.41, 5.74) is 3.22. The van der Waals surface area contributed by atoms with E-state index in [4.69, 9.17) is 9.15 Å². The summed E-state index contributed by atoms with van der Waals surface area (Å²) in [6.45, 7) is 1.90. The van der Waals surface area contributed by atoms with Gasteiger partial charge in [0.25, 0.3) is 0 Å². The molecule has 2 aromatic heterocycles. The van der Waals surface area contributed by atoms with E-state index in [-0.39, 0.29) is 0 Å². The van der Waals surface area contributed by atoms with Crippen LogP contribution >= 0.6 is 0 Å². The first-order valence-corrected chi connectivity index (χ1v) is 8.29. The van der Waals surface area contributed by atoms with E-state index in [2.05, 4.69) is 27.0 Å². The molecule has 4 rings (SSSR count). The standard InChI is InChI=1S/C19H21N3O2/c1-23-16-8-6-14(7-9-16)19-21-15(13-24-19)12-22-11-3-5-18(22)17-4-2-10-20-17/h2,4,6-10,13,18,20H,3,5,11-12H2,1H3. The van der Waals surface area contributed by atoms with E-state index in [1.54, 1.807) is 13.4 Å². The number of benzene rings is 1. The predicted molar refractivity (Wildman–Crippen MR) is 91.7 cm³/mol. The Morgan fingerprint density at radius 3 is 2.92 bits per heavy atom. The average molecular weight is 323 g/mol. The van der Waals surface area contributed by atoms with E-state index >= 15 is 0 Å². The second-order valence-corrected chi connectivity index (χ2v) is 6.13. The molecule has 3 heterocycles. The number of aromatic nitrogens is 2. The average Bonchev–Trinajstić information content (AvgIpc) is 3.37. The highest BCUT2D eigenvalue weighted by Gasteiger charge is 2.27. The highest BCUT2D eigenvalue weighted by atomic mass is 16.5. The smallest absolute Gasteiger partial charge is 0.226 e. The van der Waals surface area contributed by atoms with Crippen molar-refractivity contribution in [1.29, 1.82) is 0 Å². The van der Waals surface area contributed by atoms with Gasteiger partial charge in [-0.25, -0.2) is 4.98 Å². The third-order valence-corrected chi connectivity index (χ3v) is 4.60. The maximum Gasteiger partial charge on any atom is 0.226 e. The lowest BCUT2D eigenvalue weighted by Gasteiger charge is -2.22. The fourth-order valence-corrected chi connectivity index (χ4v) is 3.37. The first-order valence-electron chi connectivity index (χ1n) is 8.29. The van der Waals surface area contributed by atoms with Gasteiger partial charge in [0.2, 0.25) is 5.89 Å². The van der Waals surface area contributed by atoms with Gasteiger partial charge in [-0.05, 0) is 55.8 Å². The molecule has 1 fully saturated rings. The van der Waals surface area contributed by atoms with Crippen LogP contribution in [-0.4, -0.2) is 28.5 Å². The molecule has 1 unspecified atom stereocenters. The van der Waals surface area contributed by atoms with Crippen LogP contribution < -0.4 is 4.74 Å². The number of hydrogen-bond acceptors (Lipinski definition) is 4. The molecule has 0 aliphatic carbocycles. The Balaban J connectivity index is 1.48. The second kappa shape index (κ2) is 6.53. The molecule has 1 aliphatic heterocycles. The lowest BCUT2D eigenvalue weighted by molar-refractivity contribution is 0.242. The fraction of sp³-hybridized carbons (Fsp3) is 0.316. The second-order valence-electron chi connectivity index (χ2n) is 6.13. The van der Waals surface area contributed by atoms with Crippen LogP contribution in [-0.2, 0) is 6.54 Å². The van der Waals surface area contributed by atoms with Crippen molar-refractivity contribution >= 4 is 0 Å². The number of oxazole rings is 1. The molecule has 1 atom stereocenters. The summed E-state index contributed by atoms with van der Waals surface area (Å²) >= 11 is 0. The van der Waals surface area contributed by atoms with Crippen molar-refractivity contribution < 1.29 is 9.15 Å². The number of nitrogens with zero attached hydrogens (tertiary/aromatic N) is 2. The van der Waals surface area contributed by atoms with Crippen LogP contribution in [0.5, 0.6) is 5.75 Å². The van der Waals surface area contributed by atoms with Crippen LogP contribution in [0.25, 0.3) is 11.5 Å². The molecular weight excluding hydrogens is 302 g/mol. The van der Waals surface area contributed by atoms with Gasteiger partial charge < -0.3 is 14.1 Å². The van der Waals surface area contributed by atoms with Crippen molar-refractivity contribution in [2.45, 2.75) is 25.4 Å². The minimum atomic E-state index is 0.445. The van der Waals surface area contributed by atoms with E-state index in [0.717, 1.165) is 30.1 Å². The van der Waals surface area contributed by atoms with Gasteiger partial charge in [0.1, 0.15) is 12.0 Å². The van der Waals surface area contributed by atoms with Crippen molar-refractivity contribution in [2.24, 2.45) is 0 Å². The summed E-state index contributed by atoms with van der Waals surface area (Å²) in [5.74, 6) is 1.49. The Kier molecular flexibility index (Phi) is 4.09. The quantitative estimate of drug-likeness (QED) is 0.770. The number of methoxy groups -OCH3 is 1. The van der Waals surface area contributed by atoms with E-state index in [1.165, 1.54) is 18.5 Å². The Morgan fingerprint density at radius 1 is 1.29 bits per heavy atom. The molecule has 0 amide bonds. The Hall–Kier alpha value is -2.53. The Morgan fingerprint density at radius 2 is 2.17 bits per heavy atom. The number of aromatic amines is 1. The molecule has 5 heteroatoms. The van der Waals surface area contributed by atoms with Gasteiger partial charge in [-0.2, -0.15) is 0 Å². The molecule has 0 spiro atoms. The first-order chi connectivity index (χ1) is 11.8. The lowest BCUT2D eigenvalue weighted by atomic mass is 10.1. The molecule has 1 aromatic carbocycles. The van der Waals surface area contributed by atoms with E-state index in [0.29, 0.717) is 11.9 Å². The normalized spacial score (nSPS) is 18.1. The summed E-state index contributed by atoms with van der Waals surface area (Å²) in [6, 6.07) is 12.4. The molecule has 0 radical (unpaired) electrons. The van der Waals surface area contributed by atoms with E-state index in [9.17, 15) is 0 Å². The van der Waals surface area contributed by atoms with E-state index in [1.807, 2.05) is 30.5 Å². The molecule has 0 saturated carbocycles. The molecule has 5 nitrogen and oxygen atoms in total. The maximum atomic E-state index is 5.67. The molecule has 124 valence electrons. The summed E-state index contributed by atoms with van der Waals surface area (Å²) in [4.78, 5) is 10.5. The minimum absolute atomic E-state index is 0.445. The maximum absolute atomic E-state index is 5.67. The molecule has 1 saturated heterocycles. The van der Waals surface area contributed by atoms with Crippen molar-refractivity contribution in [3.8, 4) is 17.2 Å². The van der Waals surface area contributed by atoms with Crippen LogP contribution in [0.3, 0.4) is 0 Å². The summed E-state index contributed by atoms with van der Waals surface area (Å²) < 4.78 is 10.9. The number of ether oxygens (including phenoxy) is 1. The number of hydrogen-bond donors (Lipinski definition) is 1. The molecule has 1 N–H and O–H groups in total. The van der Waals surface area contributed by atoms with Gasteiger partial charge >= 0.3 is 0 Å². The van der Waals surface area contributed by atoms with Gasteiger partial charge in [0.05, 0.1) is 18.8 Å². The number of rotatable bonds is 5. The molecule has 1 aliphatic rings. The van der Waals surface area contributed by atoms with Gasteiger partial charge in [-0.1, -0.05) is 0 Å². The zero-order valence-corrected chi connectivity index (χ0v) is 13.7. The molecule has 3 aromatic rings. The number of likely N-dealkylation sites (tertiary alicyclic amines) is 1. The fourth-order valence-electron chi connectivity index (χ4n) is 3.37. The van der Waals surface area contributed by atoms with Crippen LogP contribution in [0.2, 0.25) is 0 Å². The van der Waals surface area contributed by atoms with Crippen LogP contribution in [0.15, 0.2) is 53.3 Å². The van der Waals surface area contributed by atoms with Crippen molar-refractivity contribution in [2.75, 3.05) is 13.7 Å². The van der Waals surface area contributed by atoms with Crippen molar-refractivity contribution in [3.63, 3.8) is 0 Å². The van der Waals surface area contributed by atoms with E-state index < -0.39 is 0 Å². The SMILES string of the molecule is COc1ccc(-c2nc(CN3CCCC3c3ccc[nH]3)co2)cc1.